The molecular formula is C29H30N8O3. The van der Waals surface area contributed by atoms with Gasteiger partial charge in [0.15, 0.2) is 11.5 Å². The van der Waals surface area contributed by atoms with E-state index in [4.69, 9.17) is 10.5 Å². The van der Waals surface area contributed by atoms with Crippen molar-refractivity contribution in [3.05, 3.63) is 83.1 Å². The van der Waals surface area contributed by atoms with Crippen molar-refractivity contribution in [1.29, 1.82) is 5.26 Å². The number of hydrogen-bond donors (Lipinski definition) is 2. The molecule has 2 aromatic carbocycles. The average Bonchev–Trinajstić information content (AvgIpc) is 3.21. The molecule has 204 valence electrons. The number of nitriles is 1. The summed E-state index contributed by atoms with van der Waals surface area (Å²) in [7, 11) is 1.77. The SMILES string of the molecule is CNC(C)(C)C=C(C#N)C(=O)N1CC(Cn2c(=O)n(-c3ccc(Oc4ccccc4)cc3)c3c(N)ncnc32)C1. The van der Waals surface area contributed by atoms with Crippen molar-refractivity contribution in [3.63, 3.8) is 0 Å². The van der Waals surface area contributed by atoms with Crippen LogP contribution in [-0.2, 0) is 11.3 Å². The number of nitrogens with two attached hydrogens (primary N) is 1. The highest BCUT2D eigenvalue weighted by atomic mass is 16.5. The smallest absolute Gasteiger partial charge is 0.335 e. The third kappa shape index (κ3) is 5.17. The van der Waals surface area contributed by atoms with Crippen molar-refractivity contribution in [2.24, 2.45) is 5.92 Å². The lowest BCUT2D eigenvalue weighted by molar-refractivity contribution is -0.133. The zero-order valence-corrected chi connectivity index (χ0v) is 22.5. The Hall–Kier alpha value is -4.95. The second-order valence-electron chi connectivity index (χ2n) is 10.3. The van der Waals surface area contributed by atoms with Crippen molar-refractivity contribution in [3.8, 4) is 23.3 Å². The fraction of sp³-hybridized carbons (Fsp3) is 0.276. The molecule has 1 amide bonds. The minimum atomic E-state index is -0.494. The molecule has 0 spiro atoms. The van der Waals surface area contributed by atoms with E-state index in [0.717, 1.165) is 0 Å². The molecule has 0 atom stereocenters. The lowest BCUT2D eigenvalue weighted by Crippen LogP contribution is -2.52. The molecule has 3 heterocycles. The van der Waals surface area contributed by atoms with E-state index in [2.05, 4.69) is 15.3 Å². The lowest BCUT2D eigenvalue weighted by atomic mass is 9.96. The van der Waals surface area contributed by atoms with Gasteiger partial charge >= 0.3 is 5.69 Å². The normalized spacial score (nSPS) is 14.2. The van der Waals surface area contributed by atoms with E-state index >= 15 is 0 Å². The van der Waals surface area contributed by atoms with E-state index in [0.29, 0.717) is 48.0 Å². The van der Waals surface area contributed by atoms with Crippen LogP contribution in [0.15, 0.2) is 77.4 Å². The Morgan fingerprint density at radius 1 is 1.15 bits per heavy atom. The quantitative estimate of drug-likeness (QED) is 0.257. The van der Waals surface area contributed by atoms with Gasteiger partial charge in [-0.25, -0.2) is 14.8 Å². The largest absolute Gasteiger partial charge is 0.457 e. The van der Waals surface area contributed by atoms with Gasteiger partial charge in [-0.15, -0.1) is 0 Å². The molecule has 11 nitrogen and oxygen atoms in total. The molecule has 1 fully saturated rings. The molecule has 4 aromatic rings. The Kier molecular flexibility index (Phi) is 7.11. The number of likely N-dealkylation sites (N-methyl/N-ethyl adjacent to an activating group) is 1. The molecule has 11 heteroatoms. The molecule has 0 bridgehead atoms. The number of benzene rings is 2. The highest BCUT2D eigenvalue weighted by molar-refractivity contribution is 5.98. The number of anilines is 1. The molecule has 0 saturated carbocycles. The number of para-hydroxylation sites is 1. The van der Waals surface area contributed by atoms with Crippen molar-refractivity contribution in [2.45, 2.75) is 25.9 Å². The highest BCUT2D eigenvalue weighted by Crippen LogP contribution is 2.27. The number of amides is 1. The molecule has 0 aliphatic carbocycles. The van der Waals surface area contributed by atoms with Crippen LogP contribution in [-0.4, -0.2) is 55.6 Å². The van der Waals surface area contributed by atoms with E-state index < -0.39 is 5.54 Å². The molecule has 1 aliphatic heterocycles. The van der Waals surface area contributed by atoms with Gasteiger partial charge in [0.2, 0.25) is 0 Å². The molecule has 1 saturated heterocycles. The lowest BCUT2D eigenvalue weighted by Gasteiger charge is -2.39. The molecular weight excluding hydrogens is 508 g/mol. The van der Waals surface area contributed by atoms with Gasteiger partial charge in [0, 0.05) is 31.1 Å². The van der Waals surface area contributed by atoms with Gasteiger partial charge in [0.25, 0.3) is 5.91 Å². The molecule has 40 heavy (non-hydrogen) atoms. The number of nitrogen functional groups attached to an aromatic ring is 1. The summed E-state index contributed by atoms with van der Waals surface area (Å²) in [6, 6.07) is 18.6. The number of likely N-dealkylation sites (tertiary alicyclic amines) is 1. The number of carbonyl (C=O) groups excluding carboxylic acids is 1. The molecule has 3 N–H and O–H groups in total. The van der Waals surface area contributed by atoms with Gasteiger partial charge in [0.05, 0.1) is 5.69 Å². The predicted molar refractivity (Wildman–Crippen MR) is 151 cm³/mol. The van der Waals surface area contributed by atoms with Crippen molar-refractivity contribution in [2.75, 3.05) is 25.9 Å². The number of rotatable bonds is 8. The first-order chi connectivity index (χ1) is 19.2. The van der Waals surface area contributed by atoms with Gasteiger partial charge < -0.3 is 20.7 Å². The Bertz CT molecular complexity index is 1670. The second-order valence-corrected chi connectivity index (χ2v) is 10.3. The van der Waals surface area contributed by atoms with Gasteiger partial charge in [-0.2, -0.15) is 5.26 Å². The van der Waals surface area contributed by atoms with E-state index in [1.54, 1.807) is 46.9 Å². The minimum absolute atomic E-state index is 0.00999. The predicted octanol–water partition coefficient (Wildman–Crippen LogP) is 2.86. The first-order valence-electron chi connectivity index (χ1n) is 12.9. The van der Waals surface area contributed by atoms with Crippen molar-refractivity contribution >= 4 is 22.9 Å². The van der Waals surface area contributed by atoms with Crippen LogP contribution in [0.25, 0.3) is 16.9 Å². The van der Waals surface area contributed by atoms with Gasteiger partial charge in [-0.05, 0) is 63.4 Å². The van der Waals surface area contributed by atoms with Crippen LogP contribution in [0.1, 0.15) is 13.8 Å². The van der Waals surface area contributed by atoms with Gasteiger partial charge in [0.1, 0.15) is 35.0 Å². The molecule has 2 aromatic heterocycles. The van der Waals surface area contributed by atoms with E-state index in [1.165, 1.54) is 10.9 Å². The number of carbonyl (C=O) groups is 1. The second kappa shape index (κ2) is 10.7. The summed E-state index contributed by atoms with van der Waals surface area (Å²) >= 11 is 0. The number of aromatic nitrogens is 4. The van der Waals surface area contributed by atoms with Crippen LogP contribution in [0.2, 0.25) is 0 Å². The van der Waals surface area contributed by atoms with E-state index in [1.807, 2.05) is 50.2 Å². The van der Waals surface area contributed by atoms with Crippen molar-refractivity contribution in [1.82, 2.24) is 29.3 Å². The topological polar surface area (TPSA) is 144 Å². The average molecular weight is 539 g/mol. The van der Waals surface area contributed by atoms with E-state index in [9.17, 15) is 14.9 Å². The van der Waals surface area contributed by atoms with Gasteiger partial charge in [-0.1, -0.05) is 18.2 Å². The van der Waals surface area contributed by atoms with Crippen LogP contribution < -0.4 is 21.5 Å². The zero-order valence-electron chi connectivity index (χ0n) is 22.5. The Labute approximate surface area is 231 Å². The van der Waals surface area contributed by atoms with Crippen LogP contribution in [0.3, 0.4) is 0 Å². The Morgan fingerprint density at radius 3 is 2.48 bits per heavy atom. The number of hydrogen-bond acceptors (Lipinski definition) is 8. The molecule has 5 rings (SSSR count). The maximum atomic E-state index is 13.7. The van der Waals surface area contributed by atoms with Crippen LogP contribution >= 0.6 is 0 Å². The summed E-state index contributed by atoms with van der Waals surface area (Å²) in [5.74, 6) is 1.21. The summed E-state index contributed by atoms with van der Waals surface area (Å²) in [4.78, 5) is 36.7. The summed E-state index contributed by atoms with van der Waals surface area (Å²) in [6.45, 7) is 4.95. The Morgan fingerprint density at radius 2 is 1.82 bits per heavy atom. The first kappa shape index (κ1) is 26.6. The maximum Gasteiger partial charge on any atom is 0.335 e. The summed E-state index contributed by atoms with van der Waals surface area (Å²) in [6.07, 6.45) is 2.97. The number of fused-ring (bicyclic) bond motifs is 1. The number of nitrogens with one attached hydrogen (secondary N) is 1. The molecule has 1 aliphatic rings. The van der Waals surface area contributed by atoms with E-state index in [-0.39, 0.29) is 28.9 Å². The zero-order chi connectivity index (χ0) is 28.4. The highest BCUT2D eigenvalue weighted by Gasteiger charge is 2.34. The Balaban J connectivity index is 1.38. The first-order valence-corrected chi connectivity index (χ1v) is 12.9. The third-order valence-corrected chi connectivity index (χ3v) is 6.99. The minimum Gasteiger partial charge on any atom is -0.457 e. The number of ether oxygens (including phenoxy) is 1. The number of nitrogens with zero attached hydrogens (tertiary/aromatic N) is 6. The summed E-state index contributed by atoms with van der Waals surface area (Å²) in [5.41, 5.74) is 6.93. The van der Waals surface area contributed by atoms with Crippen LogP contribution in [0.4, 0.5) is 5.82 Å². The third-order valence-electron chi connectivity index (χ3n) is 6.99. The summed E-state index contributed by atoms with van der Waals surface area (Å²) in [5, 5.41) is 12.6. The molecule has 0 radical (unpaired) electrons. The fourth-order valence-electron chi connectivity index (χ4n) is 4.65. The fourth-order valence-corrected chi connectivity index (χ4v) is 4.65. The number of imidazole rings is 1. The van der Waals surface area contributed by atoms with Crippen LogP contribution in [0, 0.1) is 17.2 Å². The molecule has 0 unspecified atom stereocenters. The van der Waals surface area contributed by atoms with Crippen molar-refractivity contribution < 1.29 is 9.53 Å². The monoisotopic (exact) mass is 538 g/mol. The van der Waals surface area contributed by atoms with Gasteiger partial charge in [-0.3, -0.25) is 13.9 Å². The standard InChI is InChI=1S/C29H30N8O3/c1-29(2,32-3)13-20(14-30)27(38)35-15-19(16-35)17-36-26-24(25(31)33-18-34-26)37(28(36)39)21-9-11-23(12-10-21)40-22-7-5-4-6-8-22/h4-13,18-19,32H,15-17H2,1-3H3,(H2,31,33,34). The van der Waals surface area contributed by atoms with Crippen LogP contribution in [0.5, 0.6) is 11.5 Å². The summed E-state index contributed by atoms with van der Waals surface area (Å²) < 4.78 is 8.94. The maximum absolute atomic E-state index is 13.7.